The van der Waals surface area contributed by atoms with Crippen LogP contribution in [0.1, 0.15) is 54.1 Å². The molecule has 0 unspecified atom stereocenters. The minimum atomic E-state index is -1.46. The summed E-state index contributed by atoms with van der Waals surface area (Å²) >= 11 is 6.00. The number of carbonyl (C=O) groups is 1. The molecule has 148 valence electrons. The van der Waals surface area contributed by atoms with Gasteiger partial charge >= 0.3 is 5.97 Å². The van der Waals surface area contributed by atoms with Gasteiger partial charge in [-0.3, -0.25) is 4.40 Å². The highest BCUT2D eigenvalue weighted by Gasteiger charge is 2.29. The first-order chi connectivity index (χ1) is 13.1. The van der Waals surface area contributed by atoms with Gasteiger partial charge in [-0.15, -0.1) is 0 Å². The van der Waals surface area contributed by atoms with E-state index in [0.717, 1.165) is 0 Å². The molecule has 0 amide bonds. The number of anilines is 1. The number of halogens is 2. The maximum absolute atomic E-state index is 14.5. The van der Waals surface area contributed by atoms with E-state index in [4.69, 9.17) is 22.1 Å². The van der Waals surface area contributed by atoms with E-state index in [-0.39, 0.29) is 16.9 Å². The summed E-state index contributed by atoms with van der Waals surface area (Å²) in [5.74, 6) is -2.11. The number of aromatic nitrogens is 3. The molecule has 1 atom stereocenters. The number of hydrogen-bond donors (Lipinski definition) is 2. The number of carboxylic acids is 1. The molecule has 2 aromatic heterocycles. The van der Waals surface area contributed by atoms with Gasteiger partial charge in [-0.2, -0.15) is 0 Å². The van der Waals surface area contributed by atoms with Gasteiger partial charge in [0.25, 0.3) is 0 Å². The molecule has 28 heavy (non-hydrogen) atoms. The highest BCUT2D eigenvalue weighted by atomic mass is 35.5. The highest BCUT2D eigenvalue weighted by Crippen LogP contribution is 2.39. The fourth-order valence-corrected chi connectivity index (χ4v) is 3.43. The number of hydrogen-bond acceptors (Lipinski definition) is 5. The summed E-state index contributed by atoms with van der Waals surface area (Å²) in [5.41, 5.74) is 7.12. The predicted molar refractivity (Wildman–Crippen MR) is 104 cm³/mol. The van der Waals surface area contributed by atoms with E-state index >= 15 is 0 Å². The number of aromatic carboxylic acids is 1. The van der Waals surface area contributed by atoms with E-state index in [2.05, 4.69) is 9.97 Å². The lowest BCUT2D eigenvalue weighted by Gasteiger charge is -2.21. The van der Waals surface area contributed by atoms with Gasteiger partial charge in [-0.1, -0.05) is 18.5 Å². The molecule has 3 aromatic rings. The van der Waals surface area contributed by atoms with Crippen molar-refractivity contribution in [1.82, 2.24) is 14.4 Å². The molecule has 0 saturated carbocycles. The Morgan fingerprint density at radius 1 is 1.39 bits per heavy atom. The van der Waals surface area contributed by atoms with Gasteiger partial charge in [0.2, 0.25) is 0 Å². The van der Waals surface area contributed by atoms with Crippen molar-refractivity contribution in [1.29, 1.82) is 0 Å². The Morgan fingerprint density at radius 2 is 2.07 bits per heavy atom. The zero-order valence-electron chi connectivity index (χ0n) is 15.8. The standard InChI is InChI=1S/C19H20ClFN4O3/c1-8(2)28-16-11(7-12(20)14(21)13(16)19(26)27)9(3)18-24-10(4)15-17(22)23-5-6-25(15)18/h5-9H,1-4H3,(H2,22,23)(H,26,27)/t9-/m0/s1. The highest BCUT2D eigenvalue weighted by molar-refractivity contribution is 6.31. The lowest BCUT2D eigenvalue weighted by Crippen LogP contribution is -2.16. The molecule has 1 aromatic carbocycles. The Bertz CT molecular complexity index is 1080. The molecule has 9 heteroatoms. The van der Waals surface area contributed by atoms with Crippen LogP contribution in [0.2, 0.25) is 5.02 Å². The third kappa shape index (κ3) is 3.24. The van der Waals surface area contributed by atoms with Crippen molar-refractivity contribution in [2.24, 2.45) is 0 Å². The lowest BCUT2D eigenvalue weighted by atomic mass is 9.96. The van der Waals surface area contributed by atoms with E-state index in [1.807, 2.05) is 6.92 Å². The molecule has 0 radical (unpaired) electrons. The predicted octanol–water partition coefficient (Wildman–Crippen LogP) is 4.05. The quantitative estimate of drug-likeness (QED) is 0.662. The molecule has 7 nitrogen and oxygen atoms in total. The largest absolute Gasteiger partial charge is 0.490 e. The second-order valence-electron chi connectivity index (χ2n) is 6.75. The zero-order valence-corrected chi connectivity index (χ0v) is 16.6. The summed E-state index contributed by atoms with van der Waals surface area (Å²) in [4.78, 5) is 20.4. The first kappa shape index (κ1) is 19.9. The summed E-state index contributed by atoms with van der Waals surface area (Å²) in [6.07, 6.45) is 2.89. The molecule has 0 aliphatic rings. The maximum Gasteiger partial charge on any atom is 0.342 e. The van der Waals surface area contributed by atoms with Gasteiger partial charge in [0.1, 0.15) is 28.5 Å². The number of benzene rings is 1. The number of imidazole rings is 1. The third-order valence-electron chi connectivity index (χ3n) is 4.41. The van der Waals surface area contributed by atoms with Crippen molar-refractivity contribution in [2.45, 2.75) is 39.7 Å². The van der Waals surface area contributed by atoms with E-state index < -0.39 is 23.3 Å². The van der Waals surface area contributed by atoms with Gasteiger partial charge in [0.15, 0.2) is 5.82 Å². The minimum absolute atomic E-state index is 0.0617. The van der Waals surface area contributed by atoms with Crippen LogP contribution in [0, 0.1) is 12.7 Å². The van der Waals surface area contributed by atoms with Crippen LogP contribution in [-0.2, 0) is 0 Å². The molecule has 2 heterocycles. The molecule has 0 fully saturated rings. The molecule has 0 aliphatic carbocycles. The van der Waals surface area contributed by atoms with Gasteiger partial charge < -0.3 is 15.6 Å². The molecule has 0 saturated heterocycles. The van der Waals surface area contributed by atoms with Gasteiger partial charge in [0, 0.05) is 23.9 Å². The molecule has 3 rings (SSSR count). The van der Waals surface area contributed by atoms with Crippen molar-refractivity contribution < 1.29 is 19.0 Å². The second kappa shape index (κ2) is 7.27. The lowest BCUT2D eigenvalue weighted by molar-refractivity contribution is 0.0684. The Hall–Kier alpha value is -2.87. The Balaban J connectivity index is 2.29. The maximum atomic E-state index is 14.5. The van der Waals surface area contributed by atoms with Crippen LogP contribution in [0.15, 0.2) is 18.5 Å². The number of nitrogens with zero attached hydrogens (tertiary/aromatic N) is 3. The van der Waals surface area contributed by atoms with Crippen LogP contribution < -0.4 is 10.5 Å². The number of rotatable bonds is 5. The van der Waals surface area contributed by atoms with Gasteiger partial charge in [0.05, 0.1) is 16.8 Å². The smallest absolute Gasteiger partial charge is 0.342 e. The molecular weight excluding hydrogens is 387 g/mol. The average Bonchev–Trinajstić information content (AvgIpc) is 2.95. The number of nitrogen functional groups attached to an aromatic ring is 1. The van der Waals surface area contributed by atoms with Crippen LogP contribution in [0.25, 0.3) is 5.52 Å². The molecule has 0 aliphatic heterocycles. The first-order valence-corrected chi connectivity index (χ1v) is 9.02. The van der Waals surface area contributed by atoms with Crippen molar-refractivity contribution in [3.8, 4) is 5.75 Å². The third-order valence-corrected chi connectivity index (χ3v) is 4.68. The van der Waals surface area contributed by atoms with E-state index in [1.54, 1.807) is 37.6 Å². The minimum Gasteiger partial charge on any atom is -0.490 e. The Morgan fingerprint density at radius 3 is 2.68 bits per heavy atom. The van der Waals surface area contributed by atoms with Gasteiger partial charge in [-0.25, -0.2) is 19.2 Å². The van der Waals surface area contributed by atoms with Gasteiger partial charge in [-0.05, 0) is 26.8 Å². The van der Waals surface area contributed by atoms with Crippen LogP contribution >= 0.6 is 11.6 Å². The summed E-state index contributed by atoms with van der Waals surface area (Å²) in [7, 11) is 0. The Kier molecular flexibility index (Phi) is 5.16. The second-order valence-corrected chi connectivity index (χ2v) is 7.15. The summed E-state index contributed by atoms with van der Waals surface area (Å²) in [6, 6.07) is 1.38. The fraction of sp³-hybridized carbons (Fsp3) is 0.316. The van der Waals surface area contributed by atoms with Crippen LogP contribution in [0.3, 0.4) is 0 Å². The summed E-state index contributed by atoms with van der Waals surface area (Å²) < 4.78 is 22.0. The monoisotopic (exact) mass is 406 g/mol. The molecule has 0 bridgehead atoms. The van der Waals surface area contributed by atoms with E-state index in [9.17, 15) is 14.3 Å². The van der Waals surface area contributed by atoms with Crippen molar-refractivity contribution in [3.63, 3.8) is 0 Å². The average molecular weight is 407 g/mol. The first-order valence-electron chi connectivity index (χ1n) is 8.64. The van der Waals surface area contributed by atoms with Crippen molar-refractivity contribution in [3.05, 3.63) is 51.9 Å². The van der Waals surface area contributed by atoms with Crippen molar-refractivity contribution in [2.75, 3.05) is 5.73 Å². The number of fused-ring (bicyclic) bond motifs is 1. The summed E-state index contributed by atoms with van der Waals surface area (Å²) in [5, 5.41) is 9.25. The molecular formula is C19H20ClFN4O3. The number of aryl methyl sites for hydroxylation is 1. The van der Waals surface area contributed by atoms with Crippen LogP contribution in [0.5, 0.6) is 5.75 Å². The van der Waals surface area contributed by atoms with Crippen molar-refractivity contribution >= 4 is 28.9 Å². The van der Waals surface area contributed by atoms with E-state index in [0.29, 0.717) is 28.4 Å². The van der Waals surface area contributed by atoms with E-state index in [1.165, 1.54) is 6.07 Å². The number of ether oxygens (including phenoxy) is 1. The fourth-order valence-electron chi connectivity index (χ4n) is 3.22. The van der Waals surface area contributed by atoms with Crippen LogP contribution in [0.4, 0.5) is 10.2 Å². The summed E-state index contributed by atoms with van der Waals surface area (Å²) in [6.45, 7) is 7.07. The normalized spacial score (nSPS) is 12.5. The van der Waals surface area contributed by atoms with Crippen LogP contribution in [-0.4, -0.2) is 31.5 Å². The molecule has 0 spiro atoms. The SMILES string of the molecule is Cc1nc([C@@H](C)c2cc(Cl)c(F)c(C(=O)O)c2OC(C)C)n2ccnc(N)c12. The number of carboxylic acid groups (broad SMARTS) is 1. The topological polar surface area (TPSA) is 103 Å². The zero-order chi connectivity index (χ0) is 20.7. The number of nitrogens with two attached hydrogens (primary N) is 1. The Labute approximate surface area is 165 Å². The molecule has 3 N–H and O–H groups in total.